The first-order valence-corrected chi connectivity index (χ1v) is 9.79. The first kappa shape index (κ1) is 21.4. The highest BCUT2D eigenvalue weighted by atomic mass is 16.3. The van der Waals surface area contributed by atoms with Gasteiger partial charge in [0.25, 0.3) is 0 Å². The van der Waals surface area contributed by atoms with E-state index in [-0.39, 0.29) is 36.2 Å². The predicted octanol–water partition coefficient (Wildman–Crippen LogP) is 0.685. The van der Waals surface area contributed by atoms with E-state index in [9.17, 15) is 19.5 Å². The summed E-state index contributed by atoms with van der Waals surface area (Å²) in [7, 11) is 1.58. The number of rotatable bonds is 6. The van der Waals surface area contributed by atoms with Crippen molar-refractivity contribution in [2.75, 3.05) is 20.2 Å². The third-order valence-electron chi connectivity index (χ3n) is 5.46. The second kappa shape index (κ2) is 8.42. The lowest BCUT2D eigenvalue weighted by Gasteiger charge is -2.34. The summed E-state index contributed by atoms with van der Waals surface area (Å²) in [5.74, 6) is -1.94. The van der Waals surface area contributed by atoms with Gasteiger partial charge in [-0.2, -0.15) is 0 Å². The Hall–Kier alpha value is -1.89. The maximum absolute atomic E-state index is 13.3. The number of carbonyl (C=O) groups is 3. The van der Waals surface area contributed by atoms with Gasteiger partial charge in [0.2, 0.25) is 17.7 Å². The molecule has 0 spiro atoms. The molecule has 1 aliphatic carbocycles. The third-order valence-corrected chi connectivity index (χ3v) is 5.46. The molecule has 1 fully saturated rings. The van der Waals surface area contributed by atoms with E-state index in [4.69, 9.17) is 0 Å². The van der Waals surface area contributed by atoms with Gasteiger partial charge in [0.1, 0.15) is 6.04 Å². The van der Waals surface area contributed by atoms with Crippen molar-refractivity contribution in [1.29, 1.82) is 0 Å². The van der Waals surface area contributed by atoms with Crippen LogP contribution in [0.25, 0.3) is 0 Å². The van der Waals surface area contributed by atoms with Gasteiger partial charge in [-0.1, -0.05) is 19.1 Å². The van der Waals surface area contributed by atoms with Gasteiger partial charge in [-0.05, 0) is 39.5 Å². The highest BCUT2D eigenvalue weighted by Crippen LogP contribution is 2.44. The van der Waals surface area contributed by atoms with Crippen molar-refractivity contribution in [2.24, 2.45) is 23.7 Å². The van der Waals surface area contributed by atoms with E-state index in [0.29, 0.717) is 13.0 Å². The molecule has 0 aromatic carbocycles. The summed E-state index contributed by atoms with van der Waals surface area (Å²) in [5.41, 5.74) is -0.425. The minimum atomic E-state index is -0.658. The van der Waals surface area contributed by atoms with E-state index in [2.05, 4.69) is 10.6 Å². The number of likely N-dealkylation sites (tertiary alicyclic amines) is 1. The number of carbonyl (C=O) groups excluding carboxylic acids is 3. The molecule has 7 heteroatoms. The molecule has 1 saturated heterocycles. The molecule has 1 heterocycles. The van der Waals surface area contributed by atoms with Crippen LogP contribution >= 0.6 is 0 Å². The Kier molecular flexibility index (Phi) is 6.68. The van der Waals surface area contributed by atoms with E-state index < -0.39 is 23.4 Å². The monoisotopic (exact) mass is 379 g/mol. The van der Waals surface area contributed by atoms with Gasteiger partial charge in [0.05, 0.1) is 11.8 Å². The van der Waals surface area contributed by atoms with Gasteiger partial charge in [-0.3, -0.25) is 14.4 Å². The Balaban J connectivity index is 2.44. The van der Waals surface area contributed by atoms with E-state index in [1.165, 1.54) is 0 Å². The molecule has 0 aromatic rings. The van der Waals surface area contributed by atoms with Crippen molar-refractivity contribution in [2.45, 2.75) is 52.1 Å². The summed E-state index contributed by atoms with van der Waals surface area (Å²) in [5, 5.41) is 14.9. The van der Waals surface area contributed by atoms with Crippen molar-refractivity contribution in [1.82, 2.24) is 15.5 Å². The minimum Gasteiger partial charge on any atom is -0.396 e. The summed E-state index contributed by atoms with van der Waals surface area (Å²) in [6.45, 7) is 7.93. The number of nitrogens with one attached hydrogen (secondary N) is 2. The molecular weight excluding hydrogens is 346 g/mol. The molecule has 5 atom stereocenters. The van der Waals surface area contributed by atoms with Crippen LogP contribution in [0.3, 0.4) is 0 Å². The lowest BCUT2D eigenvalue weighted by atomic mass is 9.68. The molecule has 0 saturated carbocycles. The highest BCUT2D eigenvalue weighted by Gasteiger charge is 2.56. The molecule has 0 bridgehead atoms. The van der Waals surface area contributed by atoms with Crippen LogP contribution in [-0.4, -0.2) is 59.5 Å². The van der Waals surface area contributed by atoms with Crippen LogP contribution in [0.5, 0.6) is 0 Å². The summed E-state index contributed by atoms with van der Waals surface area (Å²) in [6.07, 6.45) is 5.08. The van der Waals surface area contributed by atoms with Crippen molar-refractivity contribution >= 4 is 17.7 Å². The van der Waals surface area contributed by atoms with Crippen LogP contribution in [0.1, 0.15) is 40.5 Å². The number of allylic oxidation sites excluding steroid dienone is 1. The molecule has 3 amide bonds. The molecule has 1 aliphatic heterocycles. The fourth-order valence-electron chi connectivity index (χ4n) is 4.34. The van der Waals surface area contributed by atoms with Crippen LogP contribution in [0, 0.1) is 23.7 Å². The summed E-state index contributed by atoms with van der Waals surface area (Å²) in [6, 6.07) is -0.658. The molecule has 0 aromatic heterocycles. The van der Waals surface area contributed by atoms with Crippen molar-refractivity contribution in [3.05, 3.63) is 12.2 Å². The third kappa shape index (κ3) is 4.34. The van der Waals surface area contributed by atoms with Crippen molar-refractivity contribution < 1.29 is 19.5 Å². The van der Waals surface area contributed by atoms with E-state index in [0.717, 1.165) is 6.42 Å². The average molecular weight is 380 g/mol. The largest absolute Gasteiger partial charge is 0.396 e. The predicted molar refractivity (Wildman–Crippen MR) is 103 cm³/mol. The first-order valence-electron chi connectivity index (χ1n) is 9.79. The van der Waals surface area contributed by atoms with Gasteiger partial charge in [0, 0.05) is 31.7 Å². The molecule has 3 N–H and O–H groups in total. The second-order valence-electron chi connectivity index (χ2n) is 8.49. The number of fused-ring (bicyclic) bond motifs is 1. The van der Waals surface area contributed by atoms with E-state index in [1.807, 2.05) is 39.8 Å². The molecule has 2 aliphatic rings. The molecular formula is C20H33N3O4. The van der Waals surface area contributed by atoms with Gasteiger partial charge in [-0.25, -0.2) is 0 Å². The van der Waals surface area contributed by atoms with Crippen molar-refractivity contribution in [3.8, 4) is 0 Å². The zero-order valence-electron chi connectivity index (χ0n) is 17.0. The van der Waals surface area contributed by atoms with Gasteiger partial charge in [0.15, 0.2) is 0 Å². The Bertz CT molecular complexity index is 611. The van der Waals surface area contributed by atoms with Crippen LogP contribution in [0.15, 0.2) is 12.2 Å². The van der Waals surface area contributed by atoms with Crippen LogP contribution in [-0.2, 0) is 14.4 Å². The fraction of sp³-hybridized carbons (Fsp3) is 0.750. The summed E-state index contributed by atoms with van der Waals surface area (Å²) in [4.78, 5) is 40.5. The first-order chi connectivity index (χ1) is 12.7. The van der Waals surface area contributed by atoms with Crippen molar-refractivity contribution in [3.63, 3.8) is 0 Å². The Morgan fingerprint density at radius 3 is 2.41 bits per heavy atom. The van der Waals surface area contributed by atoms with Crippen LogP contribution < -0.4 is 10.6 Å². The lowest BCUT2D eigenvalue weighted by Crippen LogP contribution is -2.52. The smallest absolute Gasteiger partial charge is 0.243 e. The second-order valence-corrected chi connectivity index (χ2v) is 8.49. The Morgan fingerprint density at radius 2 is 1.89 bits per heavy atom. The number of hydrogen-bond acceptors (Lipinski definition) is 4. The van der Waals surface area contributed by atoms with E-state index >= 15 is 0 Å². The Morgan fingerprint density at radius 1 is 1.22 bits per heavy atom. The zero-order valence-corrected chi connectivity index (χ0v) is 17.0. The number of aliphatic hydroxyl groups excluding tert-OH is 1. The van der Waals surface area contributed by atoms with E-state index in [1.54, 1.807) is 11.9 Å². The van der Waals surface area contributed by atoms with Crippen LogP contribution in [0.4, 0.5) is 0 Å². The Labute approximate surface area is 161 Å². The molecule has 0 unspecified atom stereocenters. The number of nitrogens with zero attached hydrogens (tertiary/aromatic N) is 1. The summed E-state index contributed by atoms with van der Waals surface area (Å²) < 4.78 is 0. The number of hydrogen-bond donors (Lipinski definition) is 3. The maximum Gasteiger partial charge on any atom is 0.243 e. The van der Waals surface area contributed by atoms with Crippen LogP contribution in [0.2, 0.25) is 0 Å². The fourth-order valence-corrected chi connectivity index (χ4v) is 4.34. The highest BCUT2D eigenvalue weighted by molar-refractivity contribution is 5.96. The quantitative estimate of drug-likeness (QED) is 0.591. The summed E-state index contributed by atoms with van der Waals surface area (Å²) >= 11 is 0. The molecule has 7 nitrogen and oxygen atoms in total. The topological polar surface area (TPSA) is 98.7 Å². The standard InChI is InChI=1S/C20H33N3O4/c1-6-12-8-9-13-15(14(12)17(25)21-5)19(27)23(10-7-11-24)16(13)18(26)22-20(2,3)4/h8-9,12-16,24H,6-7,10-11H2,1-5H3,(H,21,25)(H,22,26)/t12-,13+,14-,15-,16+/m1/s1. The lowest BCUT2D eigenvalue weighted by molar-refractivity contribution is -0.141. The van der Waals surface area contributed by atoms with Gasteiger partial charge in [-0.15, -0.1) is 0 Å². The number of aliphatic hydroxyl groups is 1. The van der Waals surface area contributed by atoms with Gasteiger partial charge >= 0.3 is 0 Å². The normalized spacial score (nSPS) is 30.2. The zero-order chi connectivity index (χ0) is 20.4. The number of amides is 3. The average Bonchev–Trinajstić information content (AvgIpc) is 2.89. The SMILES string of the molecule is CC[C@@H]1C=C[C@H]2[C@@H](C(=O)N(CCCO)[C@@H]2C(=O)NC(C)(C)C)[C@@H]1C(=O)NC. The molecule has 27 heavy (non-hydrogen) atoms. The maximum atomic E-state index is 13.3. The molecule has 2 rings (SSSR count). The minimum absolute atomic E-state index is 0.0285. The molecule has 152 valence electrons. The van der Waals surface area contributed by atoms with Gasteiger partial charge < -0.3 is 20.6 Å². The molecule has 0 radical (unpaired) electrons.